The first-order chi connectivity index (χ1) is 14.6. The molecule has 2 aromatic carbocycles. The molecule has 0 aliphatic carbocycles. The first kappa shape index (κ1) is 19.7. The third kappa shape index (κ3) is 4.53. The molecule has 0 saturated heterocycles. The average molecular weight is 399 g/mol. The summed E-state index contributed by atoms with van der Waals surface area (Å²) in [5, 5.41) is 18.3. The number of H-pyrrole nitrogens is 1. The molecule has 30 heavy (non-hydrogen) atoms. The number of nitrogens with zero attached hydrogens (tertiary/aromatic N) is 1. The highest BCUT2D eigenvalue weighted by Gasteiger charge is 2.10. The molecule has 0 saturated carbocycles. The Hall–Kier alpha value is -3.57. The number of fused-ring (bicyclic) bond motifs is 1. The Kier molecular flexibility index (Phi) is 5.82. The van der Waals surface area contributed by atoms with Gasteiger partial charge in [-0.2, -0.15) is 0 Å². The fraction of sp³-hybridized carbons (Fsp3) is 0.160. The van der Waals surface area contributed by atoms with Crippen molar-refractivity contribution in [3.8, 4) is 0 Å². The SMILES string of the molecule is C=C(C)C(O)c1cc(Nc2ccc(NCCc3c[nH]c4ccccc34)cc2)ccn1. The van der Waals surface area contributed by atoms with Crippen molar-refractivity contribution in [1.29, 1.82) is 0 Å². The van der Waals surface area contributed by atoms with Crippen LogP contribution in [0.15, 0.2) is 85.2 Å². The van der Waals surface area contributed by atoms with Crippen LogP contribution in [0.25, 0.3) is 10.9 Å². The third-order valence-electron chi connectivity index (χ3n) is 5.10. The molecular formula is C25H26N4O. The summed E-state index contributed by atoms with van der Waals surface area (Å²) in [5.74, 6) is 0. The van der Waals surface area contributed by atoms with Gasteiger partial charge in [-0.1, -0.05) is 24.8 Å². The molecule has 5 heteroatoms. The number of para-hydroxylation sites is 1. The van der Waals surface area contributed by atoms with Gasteiger partial charge in [0.1, 0.15) is 6.10 Å². The lowest BCUT2D eigenvalue weighted by molar-refractivity contribution is 0.211. The summed E-state index contributed by atoms with van der Waals surface area (Å²) < 4.78 is 0. The summed E-state index contributed by atoms with van der Waals surface area (Å²) in [6, 6.07) is 20.3. The lowest BCUT2D eigenvalue weighted by Crippen LogP contribution is -2.04. The maximum Gasteiger partial charge on any atom is 0.117 e. The molecule has 2 heterocycles. The second kappa shape index (κ2) is 8.84. The zero-order valence-electron chi connectivity index (χ0n) is 17.0. The lowest BCUT2D eigenvalue weighted by atomic mass is 10.1. The molecule has 0 spiro atoms. The highest BCUT2D eigenvalue weighted by molar-refractivity contribution is 5.83. The molecule has 0 fully saturated rings. The van der Waals surface area contributed by atoms with Crippen molar-refractivity contribution in [2.24, 2.45) is 0 Å². The molecule has 152 valence electrons. The topological polar surface area (TPSA) is 73.0 Å². The lowest BCUT2D eigenvalue weighted by Gasteiger charge is -2.13. The van der Waals surface area contributed by atoms with Gasteiger partial charge in [-0.05, 0) is 66.9 Å². The Morgan fingerprint density at radius 2 is 1.83 bits per heavy atom. The minimum absolute atomic E-state index is 0.586. The summed E-state index contributed by atoms with van der Waals surface area (Å²) in [6.45, 7) is 6.44. The largest absolute Gasteiger partial charge is 0.385 e. The maximum absolute atomic E-state index is 10.1. The van der Waals surface area contributed by atoms with Crippen LogP contribution in [0.4, 0.5) is 17.1 Å². The van der Waals surface area contributed by atoms with Gasteiger partial charge >= 0.3 is 0 Å². The highest BCUT2D eigenvalue weighted by atomic mass is 16.3. The number of anilines is 3. The number of benzene rings is 2. The number of pyridine rings is 1. The van der Waals surface area contributed by atoms with Gasteiger partial charge < -0.3 is 20.7 Å². The maximum atomic E-state index is 10.1. The minimum Gasteiger partial charge on any atom is -0.385 e. The standard InChI is InChI=1S/C25H26N4O/c1-17(2)25(30)24-15-21(12-14-27-24)29-20-9-7-19(8-10-20)26-13-11-18-16-28-23-6-4-3-5-22(18)23/h3-10,12,14-16,25-26,28,30H,1,11,13H2,2H3,(H,27,29). The molecule has 4 N–H and O–H groups in total. The number of hydrogen-bond donors (Lipinski definition) is 4. The van der Waals surface area contributed by atoms with Crippen molar-refractivity contribution in [1.82, 2.24) is 9.97 Å². The van der Waals surface area contributed by atoms with Crippen LogP contribution in [0.5, 0.6) is 0 Å². The van der Waals surface area contributed by atoms with E-state index < -0.39 is 6.10 Å². The van der Waals surface area contributed by atoms with Crippen molar-refractivity contribution in [3.63, 3.8) is 0 Å². The third-order valence-corrected chi connectivity index (χ3v) is 5.10. The van der Waals surface area contributed by atoms with Crippen LogP contribution in [-0.2, 0) is 6.42 Å². The summed E-state index contributed by atoms with van der Waals surface area (Å²) >= 11 is 0. The Balaban J connectivity index is 1.34. The normalized spacial score (nSPS) is 11.9. The van der Waals surface area contributed by atoms with Gasteiger partial charge in [-0.3, -0.25) is 4.98 Å². The zero-order chi connectivity index (χ0) is 20.9. The number of aromatic nitrogens is 2. The molecule has 5 nitrogen and oxygen atoms in total. The molecule has 1 unspecified atom stereocenters. The van der Waals surface area contributed by atoms with E-state index >= 15 is 0 Å². The van der Waals surface area contributed by atoms with E-state index in [1.54, 1.807) is 13.1 Å². The second-order valence-corrected chi connectivity index (χ2v) is 7.46. The summed E-state index contributed by atoms with van der Waals surface area (Å²) in [6.07, 6.45) is 3.97. The van der Waals surface area contributed by atoms with Crippen molar-refractivity contribution >= 4 is 28.0 Å². The number of nitrogens with one attached hydrogen (secondary N) is 3. The Labute approximate surface area is 176 Å². The molecule has 0 aliphatic heterocycles. The van der Waals surface area contributed by atoms with Crippen LogP contribution < -0.4 is 10.6 Å². The number of rotatable bonds is 8. The Morgan fingerprint density at radius 3 is 2.63 bits per heavy atom. The molecule has 4 aromatic rings. The van der Waals surface area contributed by atoms with Gasteiger partial charge in [0.05, 0.1) is 5.69 Å². The number of aliphatic hydroxyl groups is 1. The molecule has 0 amide bonds. The minimum atomic E-state index is -0.754. The first-order valence-electron chi connectivity index (χ1n) is 10.1. The smallest absolute Gasteiger partial charge is 0.117 e. The van der Waals surface area contributed by atoms with Crippen LogP contribution in [0.2, 0.25) is 0 Å². The van der Waals surface area contributed by atoms with Crippen molar-refractivity contribution in [2.75, 3.05) is 17.2 Å². The van der Waals surface area contributed by atoms with E-state index in [9.17, 15) is 5.11 Å². The summed E-state index contributed by atoms with van der Waals surface area (Å²) in [5.41, 5.74) is 6.68. The van der Waals surface area contributed by atoms with Gasteiger partial charge in [0.2, 0.25) is 0 Å². The molecule has 2 aromatic heterocycles. The highest BCUT2D eigenvalue weighted by Crippen LogP contribution is 2.24. The number of aliphatic hydroxyl groups excluding tert-OH is 1. The Morgan fingerprint density at radius 1 is 1.07 bits per heavy atom. The van der Waals surface area contributed by atoms with Gasteiger partial charge in [-0.25, -0.2) is 0 Å². The van der Waals surface area contributed by atoms with Gasteiger partial charge in [-0.15, -0.1) is 0 Å². The van der Waals surface area contributed by atoms with Crippen molar-refractivity contribution in [3.05, 3.63) is 96.5 Å². The van der Waals surface area contributed by atoms with Crippen LogP contribution in [0, 0.1) is 0 Å². The molecule has 4 rings (SSSR count). The molecule has 0 bridgehead atoms. The molecular weight excluding hydrogens is 372 g/mol. The summed E-state index contributed by atoms with van der Waals surface area (Å²) in [7, 11) is 0. The van der Waals surface area contributed by atoms with E-state index in [0.29, 0.717) is 11.3 Å². The second-order valence-electron chi connectivity index (χ2n) is 7.46. The Bertz CT molecular complexity index is 1150. The number of hydrogen-bond acceptors (Lipinski definition) is 4. The van der Waals surface area contributed by atoms with Crippen molar-refractivity contribution in [2.45, 2.75) is 19.4 Å². The predicted molar refractivity (Wildman–Crippen MR) is 124 cm³/mol. The van der Waals surface area contributed by atoms with Crippen LogP contribution in [0.3, 0.4) is 0 Å². The van der Waals surface area contributed by atoms with Gasteiger partial charge in [0, 0.05) is 46.9 Å². The zero-order valence-corrected chi connectivity index (χ0v) is 17.0. The van der Waals surface area contributed by atoms with E-state index in [1.807, 2.05) is 30.3 Å². The van der Waals surface area contributed by atoms with Gasteiger partial charge in [0.25, 0.3) is 0 Å². The first-order valence-corrected chi connectivity index (χ1v) is 10.1. The van der Waals surface area contributed by atoms with E-state index in [1.165, 1.54) is 16.5 Å². The number of aromatic amines is 1. The quantitative estimate of drug-likeness (QED) is 0.293. The predicted octanol–water partition coefficient (Wildman–Crippen LogP) is 5.57. The average Bonchev–Trinajstić information content (AvgIpc) is 3.18. The molecule has 1 atom stereocenters. The fourth-order valence-corrected chi connectivity index (χ4v) is 3.45. The van der Waals surface area contributed by atoms with Crippen LogP contribution in [0.1, 0.15) is 24.3 Å². The van der Waals surface area contributed by atoms with Crippen molar-refractivity contribution < 1.29 is 5.11 Å². The van der Waals surface area contributed by atoms with E-state index in [-0.39, 0.29) is 0 Å². The molecule has 0 aliphatic rings. The van der Waals surface area contributed by atoms with E-state index in [4.69, 9.17) is 0 Å². The van der Waals surface area contributed by atoms with E-state index in [0.717, 1.165) is 30.0 Å². The van der Waals surface area contributed by atoms with Gasteiger partial charge in [0.15, 0.2) is 0 Å². The molecule has 0 radical (unpaired) electrons. The fourth-order valence-electron chi connectivity index (χ4n) is 3.45. The van der Waals surface area contributed by atoms with E-state index in [2.05, 4.69) is 63.7 Å². The van der Waals surface area contributed by atoms with Crippen LogP contribution in [-0.4, -0.2) is 21.6 Å². The monoisotopic (exact) mass is 398 g/mol. The van der Waals surface area contributed by atoms with Crippen LogP contribution >= 0.6 is 0 Å². The summed E-state index contributed by atoms with van der Waals surface area (Å²) in [4.78, 5) is 7.55.